The van der Waals surface area contributed by atoms with Crippen LogP contribution in [0.15, 0.2) is 85.2 Å². The zero-order valence-corrected chi connectivity index (χ0v) is 33.9. The lowest BCUT2D eigenvalue weighted by Gasteiger charge is -2.36. The first kappa shape index (κ1) is 38.9. The zero-order chi connectivity index (χ0) is 40.0. The van der Waals surface area contributed by atoms with Crippen LogP contribution in [0.5, 0.6) is 11.5 Å². The highest BCUT2D eigenvalue weighted by Gasteiger charge is 2.34. The number of rotatable bonds is 12. The van der Waals surface area contributed by atoms with Gasteiger partial charge in [-0.15, -0.1) is 0 Å². The van der Waals surface area contributed by atoms with Crippen molar-refractivity contribution >= 4 is 35.1 Å². The van der Waals surface area contributed by atoms with Gasteiger partial charge in [-0.2, -0.15) is 4.98 Å². The van der Waals surface area contributed by atoms with E-state index in [2.05, 4.69) is 62.9 Å². The van der Waals surface area contributed by atoms with Crippen LogP contribution in [0.25, 0.3) is 11.3 Å². The van der Waals surface area contributed by atoms with E-state index in [1.54, 1.807) is 24.0 Å². The standard InChI is InChI=1S/C44H52N10O4/c1-5-50-19-21-51(22-20-50)36-8-6-7-35(27-36)49(2)44(55)54-18-17-39-40(47-43(48-41(39)54)52-23-25-58-26-24-52)34-28-45-42(46-29-34)53(30-32-9-13-37(56-3)14-10-32)31-33-11-15-38(57-4)16-12-33/h6-16,27-29H,5,17-26,30-31H2,1-4H3. The van der Waals surface area contributed by atoms with E-state index in [9.17, 15) is 4.79 Å². The lowest BCUT2D eigenvalue weighted by atomic mass is 10.1. The topological polar surface area (TPSA) is 116 Å². The highest BCUT2D eigenvalue weighted by Crippen LogP contribution is 2.37. The number of likely N-dealkylation sites (N-methyl/N-ethyl adjacent to an activating group) is 1. The fourth-order valence-electron chi connectivity index (χ4n) is 7.79. The second-order valence-electron chi connectivity index (χ2n) is 14.8. The molecule has 3 aromatic carbocycles. The molecule has 2 fully saturated rings. The highest BCUT2D eigenvalue weighted by molar-refractivity contribution is 6.04. The third-order valence-corrected chi connectivity index (χ3v) is 11.3. The van der Waals surface area contributed by atoms with Gasteiger partial charge in [0.2, 0.25) is 11.9 Å². The molecule has 0 aliphatic carbocycles. The summed E-state index contributed by atoms with van der Waals surface area (Å²) in [6.07, 6.45) is 4.29. The van der Waals surface area contributed by atoms with Crippen LogP contribution >= 0.6 is 0 Å². The van der Waals surface area contributed by atoms with Crippen LogP contribution < -0.4 is 34.0 Å². The quantitative estimate of drug-likeness (QED) is 0.153. The number of carbonyl (C=O) groups is 1. The Bertz CT molecular complexity index is 2110. The number of carbonyl (C=O) groups excluding carboxylic acids is 1. The molecule has 8 rings (SSSR count). The predicted octanol–water partition coefficient (Wildman–Crippen LogP) is 5.76. The summed E-state index contributed by atoms with van der Waals surface area (Å²) in [4.78, 5) is 47.1. The van der Waals surface area contributed by atoms with Crippen LogP contribution in [0, 0.1) is 0 Å². The minimum absolute atomic E-state index is 0.136. The molecule has 2 aromatic heterocycles. The van der Waals surface area contributed by atoms with Crippen molar-refractivity contribution in [3.63, 3.8) is 0 Å². The lowest BCUT2D eigenvalue weighted by molar-refractivity contribution is 0.122. The van der Waals surface area contributed by atoms with Crippen molar-refractivity contribution in [2.75, 3.05) is 111 Å². The maximum Gasteiger partial charge on any atom is 0.329 e. The summed E-state index contributed by atoms with van der Waals surface area (Å²) in [7, 11) is 5.18. The van der Waals surface area contributed by atoms with E-state index in [1.807, 2.05) is 55.8 Å². The molecule has 3 aliphatic heterocycles. The summed E-state index contributed by atoms with van der Waals surface area (Å²) >= 11 is 0. The molecule has 0 saturated carbocycles. The van der Waals surface area contributed by atoms with Crippen LogP contribution in [0.4, 0.5) is 33.9 Å². The summed E-state index contributed by atoms with van der Waals surface area (Å²) in [6, 6.07) is 24.2. The second kappa shape index (κ2) is 17.7. The van der Waals surface area contributed by atoms with Crippen molar-refractivity contribution in [3.8, 4) is 22.8 Å². The number of amides is 2. The van der Waals surface area contributed by atoms with Crippen LogP contribution in [0.2, 0.25) is 0 Å². The summed E-state index contributed by atoms with van der Waals surface area (Å²) < 4.78 is 16.5. The smallest absolute Gasteiger partial charge is 0.329 e. The number of hydrogen-bond donors (Lipinski definition) is 0. The average Bonchev–Trinajstić information content (AvgIpc) is 3.73. The first-order valence-corrected chi connectivity index (χ1v) is 20.1. The number of anilines is 5. The summed E-state index contributed by atoms with van der Waals surface area (Å²) in [5, 5.41) is 0. The molecule has 5 heterocycles. The number of ether oxygens (including phenoxy) is 3. The number of urea groups is 1. The Morgan fingerprint density at radius 1 is 0.776 bits per heavy atom. The number of hydrogen-bond acceptors (Lipinski definition) is 12. The minimum Gasteiger partial charge on any atom is -0.497 e. The van der Waals surface area contributed by atoms with E-state index in [1.165, 1.54) is 0 Å². The van der Waals surface area contributed by atoms with Crippen LogP contribution in [-0.2, 0) is 24.2 Å². The van der Waals surface area contributed by atoms with Crippen LogP contribution in [-0.4, -0.2) is 118 Å². The predicted molar refractivity (Wildman–Crippen MR) is 228 cm³/mol. The molecule has 5 aromatic rings. The van der Waals surface area contributed by atoms with Gasteiger partial charge in [-0.05, 0) is 66.6 Å². The number of piperazine rings is 1. The van der Waals surface area contributed by atoms with E-state index >= 15 is 0 Å². The van der Waals surface area contributed by atoms with E-state index < -0.39 is 0 Å². The van der Waals surface area contributed by atoms with E-state index in [4.69, 9.17) is 34.1 Å². The lowest BCUT2D eigenvalue weighted by Crippen LogP contribution is -2.46. The third kappa shape index (κ3) is 8.48. The summed E-state index contributed by atoms with van der Waals surface area (Å²) in [5.41, 5.74) is 6.58. The maximum atomic E-state index is 14.4. The van der Waals surface area contributed by atoms with Crippen molar-refractivity contribution in [1.29, 1.82) is 0 Å². The Labute approximate surface area is 340 Å². The molecule has 14 heteroatoms. The maximum absolute atomic E-state index is 14.4. The van der Waals surface area contributed by atoms with E-state index in [0.29, 0.717) is 70.1 Å². The largest absolute Gasteiger partial charge is 0.497 e. The molecule has 2 amide bonds. The van der Waals surface area contributed by atoms with Crippen LogP contribution in [0.3, 0.4) is 0 Å². The number of morpholine rings is 1. The Hall–Kier alpha value is -5.99. The van der Waals surface area contributed by atoms with Crippen molar-refractivity contribution in [3.05, 3.63) is 102 Å². The average molecular weight is 785 g/mol. The van der Waals surface area contributed by atoms with Gasteiger partial charge in [0.25, 0.3) is 0 Å². The molecule has 0 spiro atoms. The van der Waals surface area contributed by atoms with Crippen molar-refractivity contribution < 1.29 is 19.0 Å². The van der Waals surface area contributed by atoms with Gasteiger partial charge in [0.05, 0.1) is 33.1 Å². The number of benzene rings is 3. The molecule has 58 heavy (non-hydrogen) atoms. The van der Waals surface area contributed by atoms with Gasteiger partial charge in [0.15, 0.2) is 0 Å². The SMILES string of the molecule is CCN1CCN(c2cccc(N(C)C(=O)N3CCc4c(-c5cnc(N(Cc6ccc(OC)cc6)Cc6ccc(OC)cc6)nc5)nc(N5CCOCC5)nc43)c2)CC1. The highest BCUT2D eigenvalue weighted by atomic mass is 16.5. The van der Waals surface area contributed by atoms with Gasteiger partial charge >= 0.3 is 6.03 Å². The van der Waals surface area contributed by atoms with Gasteiger partial charge in [0, 0.05) is 101 Å². The second-order valence-corrected chi connectivity index (χ2v) is 14.8. The molecule has 2 saturated heterocycles. The van der Waals surface area contributed by atoms with Crippen LogP contribution in [0.1, 0.15) is 23.6 Å². The molecule has 0 bridgehead atoms. The van der Waals surface area contributed by atoms with Crippen molar-refractivity contribution in [1.82, 2.24) is 24.8 Å². The number of aromatic nitrogens is 4. The molecule has 0 atom stereocenters. The van der Waals surface area contributed by atoms with E-state index in [0.717, 1.165) is 83.5 Å². The number of fused-ring (bicyclic) bond motifs is 1. The molecule has 3 aliphatic rings. The molecular weight excluding hydrogens is 733 g/mol. The van der Waals surface area contributed by atoms with Gasteiger partial charge in [0.1, 0.15) is 17.3 Å². The normalized spacial score (nSPS) is 15.6. The van der Waals surface area contributed by atoms with E-state index in [-0.39, 0.29) is 6.03 Å². The summed E-state index contributed by atoms with van der Waals surface area (Å²) in [5.74, 6) is 3.38. The Balaban J connectivity index is 1.08. The molecule has 0 radical (unpaired) electrons. The van der Waals surface area contributed by atoms with Crippen molar-refractivity contribution in [2.45, 2.75) is 26.4 Å². The molecule has 302 valence electrons. The summed E-state index contributed by atoms with van der Waals surface area (Å²) in [6.45, 7) is 11.4. The van der Waals surface area contributed by atoms with Gasteiger partial charge in [-0.25, -0.2) is 19.7 Å². The first-order chi connectivity index (χ1) is 28.4. The van der Waals surface area contributed by atoms with Gasteiger partial charge in [-0.1, -0.05) is 37.3 Å². The fourth-order valence-corrected chi connectivity index (χ4v) is 7.79. The zero-order valence-electron chi connectivity index (χ0n) is 33.9. The third-order valence-electron chi connectivity index (χ3n) is 11.3. The Morgan fingerprint density at radius 3 is 2.02 bits per heavy atom. The number of methoxy groups -OCH3 is 2. The van der Waals surface area contributed by atoms with Gasteiger partial charge in [-0.3, -0.25) is 9.80 Å². The Morgan fingerprint density at radius 2 is 1.41 bits per heavy atom. The van der Waals surface area contributed by atoms with Gasteiger partial charge < -0.3 is 33.8 Å². The first-order valence-electron chi connectivity index (χ1n) is 20.1. The number of nitrogens with zero attached hydrogens (tertiary/aromatic N) is 10. The Kier molecular flexibility index (Phi) is 11.8. The molecule has 14 nitrogen and oxygen atoms in total. The molecule has 0 unspecified atom stereocenters. The molecular formula is C44H52N10O4. The fraction of sp³-hybridized carbons (Fsp3) is 0.386. The van der Waals surface area contributed by atoms with Crippen molar-refractivity contribution in [2.24, 2.45) is 0 Å². The minimum atomic E-state index is -0.136. The monoisotopic (exact) mass is 784 g/mol. The molecule has 0 N–H and O–H groups in total.